The molecule has 3 nitrogen and oxygen atoms in total. The Labute approximate surface area is 85.8 Å². The SMILES string of the molecule is C#CCC(NN)c1ncccc1Br. The Bertz CT molecular complexity index is 319. The molecule has 0 saturated carbocycles. The second-order valence-corrected chi connectivity index (χ2v) is 3.35. The number of terminal acetylenes is 1. The van der Waals surface area contributed by atoms with E-state index in [9.17, 15) is 0 Å². The van der Waals surface area contributed by atoms with E-state index in [-0.39, 0.29) is 6.04 Å². The second kappa shape index (κ2) is 4.97. The Morgan fingerprint density at radius 1 is 1.77 bits per heavy atom. The van der Waals surface area contributed by atoms with Gasteiger partial charge in [0.1, 0.15) is 0 Å². The van der Waals surface area contributed by atoms with Crippen molar-refractivity contribution in [3.05, 3.63) is 28.5 Å². The zero-order chi connectivity index (χ0) is 9.68. The number of hydrogen-bond acceptors (Lipinski definition) is 3. The molecule has 0 aliphatic heterocycles. The standard InChI is InChI=1S/C9H10BrN3/c1-2-4-8(13-11)9-7(10)5-3-6-12-9/h1,3,5-6,8,13H,4,11H2. The van der Waals surface area contributed by atoms with Crippen LogP contribution in [0, 0.1) is 12.3 Å². The number of nitrogens with two attached hydrogens (primary N) is 1. The van der Waals surface area contributed by atoms with Gasteiger partial charge in [-0.05, 0) is 28.1 Å². The van der Waals surface area contributed by atoms with Gasteiger partial charge in [0, 0.05) is 17.1 Å². The molecule has 13 heavy (non-hydrogen) atoms. The van der Waals surface area contributed by atoms with Crippen molar-refractivity contribution < 1.29 is 0 Å². The number of halogens is 1. The highest BCUT2D eigenvalue weighted by molar-refractivity contribution is 9.10. The maximum Gasteiger partial charge on any atom is 0.0752 e. The lowest BCUT2D eigenvalue weighted by Crippen LogP contribution is -2.28. The summed E-state index contributed by atoms with van der Waals surface area (Å²) in [6.45, 7) is 0. The lowest BCUT2D eigenvalue weighted by Gasteiger charge is -2.13. The third-order valence-electron chi connectivity index (χ3n) is 1.64. The summed E-state index contributed by atoms with van der Waals surface area (Å²) in [7, 11) is 0. The van der Waals surface area contributed by atoms with Crippen molar-refractivity contribution >= 4 is 15.9 Å². The van der Waals surface area contributed by atoms with Gasteiger partial charge in [-0.15, -0.1) is 12.3 Å². The van der Waals surface area contributed by atoms with Gasteiger partial charge in [-0.1, -0.05) is 0 Å². The largest absolute Gasteiger partial charge is 0.271 e. The van der Waals surface area contributed by atoms with Gasteiger partial charge in [0.25, 0.3) is 0 Å². The van der Waals surface area contributed by atoms with Crippen molar-refractivity contribution in [3.63, 3.8) is 0 Å². The predicted molar refractivity (Wildman–Crippen MR) is 55.5 cm³/mol. The first-order chi connectivity index (χ1) is 6.29. The van der Waals surface area contributed by atoms with Crippen molar-refractivity contribution in [2.45, 2.75) is 12.5 Å². The van der Waals surface area contributed by atoms with Gasteiger partial charge < -0.3 is 0 Å². The number of nitrogens with one attached hydrogen (secondary N) is 1. The first-order valence-corrected chi connectivity index (χ1v) is 4.59. The van der Waals surface area contributed by atoms with E-state index in [4.69, 9.17) is 12.3 Å². The summed E-state index contributed by atoms with van der Waals surface area (Å²) in [5.41, 5.74) is 3.46. The molecule has 1 aromatic rings. The Morgan fingerprint density at radius 3 is 3.08 bits per heavy atom. The highest BCUT2D eigenvalue weighted by atomic mass is 79.9. The van der Waals surface area contributed by atoms with Gasteiger partial charge in [0.15, 0.2) is 0 Å². The minimum absolute atomic E-state index is 0.0967. The van der Waals surface area contributed by atoms with E-state index < -0.39 is 0 Å². The van der Waals surface area contributed by atoms with E-state index in [2.05, 4.69) is 32.3 Å². The van der Waals surface area contributed by atoms with Gasteiger partial charge in [-0.2, -0.15) is 0 Å². The van der Waals surface area contributed by atoms with Gasteiger partial charge in [0.05, 0.1) is 11.7 Å². The second-order valence-electron chi connectivity index (χ2n) is 2.50. The van der Waals surface area contributed by atoms with Crippen molar-refractivity contribution in [1.82, 2.24) is 10.4 Å². The summed E-state index contributed by atoms with van der Waals surface area (Å²) in [4.78, 5) is 4.18. The molecule has 1 unspecified atom stereocenters. The quantitative estimate of drug-likeness (QED) is 0.476. The Hall–Kier alpha value is -0.890. The monoisotopic (exact) mass is 239 g/mol. The van der Waals surface area contributed by atoms with E-state index >= 15 is 0 Å². The fourth-order valence-electron chi connectivity index (χ4n) is 1.01. The third-order valence-corrected chi connectivity index (χ3v) is 2.31. The lowest BCUT2D eigenvalue weighted by atomic mass is 10.1. The van der Waals surface area contributed by atoms with Crippen molar-refractivity contribution in [3.8, 4) is 12.3 Å². The van der Waals surface area contributed by atoms with Crippen LogP contribution in [0.25, 0.3) is 0 Å². The summed E-state index contributed by atoms with van der Waals surface area (Å²) in [6.07, 6.45) is 7.43. The summed E-state index contributed by atoms with van der Waals surface area (Å²) in [6, 6.07) is 3.65. The lowest BCUT2D eigenvalue weighted by molar-refractivity contribution is 0.551. The smallest absolute Gasteiger partial charge is 0.0752 e. The van der Waals surface area contributed by atoms with Crippen LogP contribution in [0.15, 0.2) is 22.8 Å². The molecule has 0 aliphatic carbocycles. The zero-order valence-corrected chi connectivity index (χ0v) is 8.58. The minimum atomic E-state index is -0.0967. The molecule has 0 amide bonds. The topological polar surface area (TPSA) is 50.9 Å². The molecule has 1 heterocycles. The predicted octanol–water partition coefficient (Wildman–Crippen LogP) is 1.37. The van der Waals surface area contributed by atoms with Crippen LogP contribution < -0.4 is 11.3 Å². The number of hydrazine groups is 1. The van der Waals surface area contributed by atoms with E-state index in [1.165, 1.54) is 0 Å². The van der Waals surface area contributed by atoms with Crippen LogP contribution in [0.3, 0.4) is 0 Å². The third kappa shape index (κ3) is 2.52. The van der Waals surface area contributed by atoms with Crippen LogP contribution >= 0.6 is 15.9 Å². The van der Waals surface area contributed by atoms with Crippen molar-refractivity contribution in [1.29, 1.82) is 0 Å². The molecule has 0 aliphatic rings. The maximum absolute atomic E-state index is 5.35. The molecule has 0 spiro atoms. The minimum Gasteiger partial charge on any atom is -0.271 e. The summed E-state index contributed by atoms with van der Waals surface area (Å²) >= 11 is 3.38. The number of nitrogens with zero attached hydrogens (tertiary/aromatic N) is 1. The normalized spacial score (nSPS) is 12.1. The summed E-state index contributed by atoms with van der Waals surface area (Å²) in [5.74, 6) is 7.89. The van der Waals surface area contributed by atoms with Crippen LogP contribution in [0.1, 0.15) is 18.2 Å². The van der Waals surface area contributed by atoms with Crippen molar-refractivity contribution in [2.24, 2.45) is 5.84 Å². The average Bonchev–Trinajstić information content (AvgIpc) is 2.16. The molecule has 0 radical (unpaired) electrons. The molecule has 1 rings (SSSR count). The molecule has 0 bridgehead atoms. The Kier molecular flexibility index (Phi) is 3.90. The average molecular weight is 240 g/mol. The molecular weight excluding hydrogens is 230 g/mol. The summed E-state index contributed by atoms with van der Waals surface area (Å²) < 4.78 is 0.910. The van der Waals surface area contributed by atoms with E-state index in [1.807, 2.05) is 12.1 Å². The van der Waals surface area contributed by atoms with Crippen LogP contribution in [-0.2, 0) is 0 Å². The zero-order valence-electron chi connectivity index (χ0n) is 7.00. The van der Waals surface area contributed by atoms with E-state index in [0.29, 0.717) is 6.42 Å². The van der Waals surface area contributed by atoms with Crippen LogP contribution in [0.4, 0.5) is 0 Å². The van der Waals surface area contributed by atoms with Gasteiger partial charge >= 0.3 is 0 Å². The van der Waals surface area contributed by atoms with E-state index in [0.717, 1.165) is 10.2 Å². The Balaban J connectivity index is 2.92. The molecule has 3 N–H and O–H groups in total. The highest BCUT2D eigenvalue weighted by Gasteiger charge is 2.12. The van der Waals surface area contributed by atoms with Crippen LogP contribution in [0.2, 0.25) is 0 Å². The molecular formula is C9H10BrN3. The summed E-state index contributed by atoms with van der Waals surface area (Å²) in [5, 5.41) is 0. The molecule has 1 aromatic heterocycles. The number of hydrogen-bond donors (Lipinski definition) is 2. The van der Waals surface area contributed by atoms with Crippen molar-refractivity contribution in [2.75, 3.05) is 0 Å². The first kappa shape index (κ1) is 10.2. The molecule has 0 saturated heterocycles. The molecule has 0 fully saturated rings. The van der Waals surface area contributed by atoms with Gasteiger partial charge in [0.2, 0.25) is 0 Å². The number of pyridine rings is 1. The molecule has 68 valence electrons. The van der Waals surface area contributed by atoms with Gasteiger partial charge in [-0.3, -0.25) is 16.3 Å². The first-order valence-electron chi connectivity index (χ1n) is 3.79. The van der Waals surface area contributed by atoms with Crippen LogP contribution in [0.5, 0.6) is 0 Å². The number of aromatic nitrogens is 1. The molecule has 1 atom stereocenters. The van der Waals surface area contributed by atoms with E-state index in [1.54, 1.807) is 6.20 Å². The highest BCUT2D eigenvalue weighted by Crippen LogP contribution is 2.21. The van der Waals surface area contributed by atoms with Gasteiger partial charge in [-0.25, -0.2) is 0 Å². The molecule has 0 aromatic carbocycles. The fraction of sp³-hybridized carbons (Fsp3) is 0.222. The Morgan fingerprint density at radius 2 is 2.54 bits per heavy atom. The fourth-order valence-corrected chi connectivity index (χ4v) is 1.54. The van der Waals surface area contributed by atoms with Crippen LogP contribution in [-0.4, -0.2) is 4.98 Å². The number of rotatable bonds is 3. The molecule has 4 heteroatoms. The maximum atomic E-state index is 5.35.